The molecule has 7 aliphatic rings. The zero-order valence-electron chi connectivity index (χ0n) is 61.7. The van der Waals surface area contributed by atoms with Crippen molar-refractivity contribution >= 4 is 0 Å². The van der Waals surface area contributed by atoms with Crippen molar-refractivity contribution in [2.75, 3.05) is 85.3 Å². The topological polar surface area (TPSA) is 46.6 Å². The van der Waals surface area contributed by atoms with E-state index in [9.17, 15) is 0 Å². The van der Waals surface area contributed by atoms with Gasteiger partial charge in [-0.1, -0.05) is 194 Å². The summed E-state index contributed by atoms with van der Waals surface area (Å²) in [6, 6.07) is 0. The fourth-order valence-electron chi connectivity index (χ4n) is 13.4. The second kappa shape index (κ2) is 43.4. The minimum atomic E-state index is 0.553. The van der Waals surface area contributed by atoms with E-state index >= 15 is 0 Å². The van der Waals surface area contributed by atoms with Gasteiger partial charge >= 0.3 is 0 Å². The lowest BCUT2D eigenvalue weighted by Gasteiger charge is -2.42. The van der Waals surface area contributed by atoms with Crippen molar-refractivity contribution in [3.63, 3.8) is 0 Å². The van der Waals surface area contributed by atoms with Crippen LogP contribution in [0, 0.1) is 124 Å². The van der Waals surface area contributed by atoms with E-state index in [2.05, 4.69) is 209 Å². The second-order valence-electron chi connectivity index (χ2n) is 33.8. The zero-order chi connectivity index (χ0) is 63.3. The summed E-state index contributed by atoms with van der Waals surface area (Å²) < 4.78 is 23.0. The summed E-state index contributed by atoms with van der Waals surface area (Å²) in [6.07, 6.45) is 15.2. The first-order valence-electron chi connectivity index (χ1n) is 36.3. The van der Waals surface area contributed by atoms with Gasteiger partial charge in [0.2, 0.25) is 0 Å². The van der Waals surface area contributed by atoms with E-state index in [1.54, 1.807) is 0 Å². The first kappa shape index (κ1) is 80.7. The van der Waals surface area contributed by atoms with Crippen LogP contribution in [0.15, 0.2) is 0 Å². The molecule has 7 saturated heterocycles. The Kier molecular flexibility index (Phi) is 42.2. The molecule has 7 rings (SSSR count). The van der Waals surface area contributed by atoms with Gasteiger partial charge < -0.3 is 33.6 Å². The zero-order valence-corrected chi connectivity index (χ0v) is 61.7. The lowest BCUT2D eigenvalue weighted by Crippen LogP contribution is -2.50. The summed E-state index contributed by atoms with van der Waals surface area (Å²) in [7, 11) is 0. The van der Waals surface area contributed by atoms with Crippen molar-refractivity contribution < 1.29 is 18.9 Å². The number of likely N-dealkylation sites (tertiary alicyclic amines) is 3. The van der Waals surface area contributed by atoms with Gasteiger partial charge in [0.05, 0.1) is 50.8 Å². The summed E-state index contributed by atoms with van der Waals surface area (Å²) in [5, 5.41) is 0. The number of rotatable bonds is 21. The van der Waals surface area contributed by atoms with Crippen LogP contribution < -0.4 is 0 Å². The predicted octanol–water partition coefficient (Wildman–Crippen LogP) is 19.8. The van der Waals surface area contributed by atoms with Gasteiger partial charge in [0.25, 0.3) is 0 Å². The molecule has 0 amide bonds. The number of ether oxygens (including phenoxy) is 4. The predicted molar refractivity (Wildman–Crippen MR) is 367 cm³/mol. The van der Waals surface area contributed by atoms with Crippen LogP contribution >= 0.6 is 0 Å². The Morgan fingerprint density at radius 2 is 0.458 bits per heavy atom. The minimum absolute atomic E-state index is 0.553. The maximum atomic E-state index is 5.74. The van der Waals surface area contributed by atoms with Crippen LogP contribution in [0.25, 0.3) is 0 Å². The fraction of sp³-hybridized carbons (Fsp3) is 1.00. The third-order valence-corrected chi connectivity index (χ3v) is 19.5. The second-order valence-corrected chi connectivity index (χ2v) is 33.8. The quantitative estimate of drug-likeness (QED) is 0.113. The minimum Gasteiger partial charge on any atom is -0.378 e. The Balaban J connectivity index is 0.000000484. The monoisotopic (exact) mass is 1170 g/mol. The molecule has 10 atom stereocenters. The highest BCUT2D eigenvalue weighted by Crippen LogP contribution is 2.33. The molecule has 7 fully saturated rings. The Bertz CT molecular complexity index is 1270. The molecule has 7 nitrogen and oxygen atoms in total. The molecule has 7 heterocycles. The molecule has 0 aromatic carbocycles. The van der Waals surface area contributed by atoms with Gasteiger partial charge in [0.15, 0.2) is 0 Å². The Labute approximate surface area is 523 Å². The van der Waals surface area contributed by atoms with Crippen LogP contribution in [0.3, 0.4) is 0 Å². The molecular formula is C76H155N3O4. The molecule has 0 N–H and O–H groups in total. The molecule has 0 spiro atoms. The van der Waals surface area contributed by atoms with E-state index in [-0.39, 0.29) is 0 Å². The molecule has 7 aliphatic heterocycles. The van der Waals surface area contributed by atoms with Crippen molar-refractivity contribution in [3.05, 3.63) is 0 Å². The molecule has 498 valence electrons. The van der Waals surface area contributed by atoms with Crippen LogP contribution in [0.1, 0.15) is 258 Å². The fourth-order valence-corrected chi connectivity index (χ4v) is 13.4. The van der Waals surface area contributed by atoms with Gasteiger partial charge in [0, 0.05) is 45.8 Å². The molecule has 0 aliphatic carbocycles. The van der Waals surface area contributed by atoms with Crippen LogP contribution in [-0.2, 0) is 18.9 Å². The van der Waals surface area contributed by atoms with Crippen molar-refractivity contribution in [2.45, 2.75) is 282 Å². The number of hydrogen-bond donors (Lipinski definition) is 0. The van der Waals surface area contributed by atoms with Crippen LogP contribution in [0.5, 0.6) is 0 Å². The summed E-state index contributed by atoms with van der Waals surface area (Å²) >= 11 is 0. The van der Waals surface area contributed by atoms with Gasteiger partial charge in [-0.3, -0.25) is 0 Å². The maximum Gasteiger partial charge on any atom is 0.0581 e. The summed E-state index contributed by atoms with van der Waals surface area (Å²) in [4.78, 5) is 7.81. The van der Waals surface area contributed by atoms with Gasteiger partial charge in [-0.15, -0.1) is 0 Å². The molecule has 83 heavy (non-hydrogen) atoms. The van der Waals surface area contributed by atoms with Gasteiger partial charge in [-0.05, 0) is 202 Å². The van der Waals surface area contributed by atoms with Crippen molar-refractivity contribution in [1.82, 2.24) is 14.7 Å². The van der Waals surface area contributed by atoms with E-state index in [4.69, 9.17) is 18.9 Å². The van der Waals surface area contributed by atoms with Crippen LogP contribution in [0.4, 0.5) is 0 Å². The Morgan fingerprint density at radius 1 is 0.253 bits per heavy atom. The smallest absolute Gasteiger partial charge is 0.0581 e. The molecule has 0 aromatic heterocycles. The van der Waals surface area contributed by atoms with Crippen molar-refractivity contribution in [3.8, 4) is 0 Å². The van der Waals surface area contributed by atoms with E-state index < -0.39 is 0 Å². The highest BCUT2D eigenvalue weighted by molar-refractivity contribution is 4.84. The standard InChI is InChI=1S/2C11H23N.4C11H22O.C10H21N/c2*1-9(2)7-12-6-5-11(8-12)10(3)4;4*1-8(2)5-11-6-10(7-12-11)9(3)4;1-8(2)5-11-6-10(7-11)9(3)4/h2*9-11H,5-8H2,1-4H3;4*8-11H,5-7H2,1-4H3;8-10H,5-7H2,1-4H3/t2*11-;2*10-,11+;2*10-,11-;/m101010./s1. The Morgan fingerprint density at radius 3 is 0.627 bits per heavy atom. The third kappa shape index (κ3) is 37.5. The lowest BCUT2D eigenvalue weighted by atomic mass is 9.88. The summed E-state index contributed by atoms with van der Waals surface area (Å²) in [5.41, 5.74) is 0. The van der Waals surface area contributed by atoms with Gasteiger partial charge in [-0.2, -0.15) is 0 Å². The Hall–Kier alpha value is -0.280. The molecule has 7 heteroatoms. The first-order valence-corrected chi connectivity index (χ1v) is 36.3. The molecule has 0 radical (unpaired) electrons. The average molecular weight is 1180 g/mol. The van der Waals surface area contributed by atoms with E-state index in [0.717, 1.165) is 151 Å². The first-order chi connectivity index (χ1) is 38.6. The lowest BCUT2D eigenvalue weighted by molar-refractivity contribution is 0.0579. The van der Waals surface area contributed by atoms with Crippen LogP contribution in [-0.4, -0.2) is 124 Å². The van der Waals surface area contributed by atoms with E-state index in [1.165, 1.54) is 123 Å². The third-order valence-electron chi connectivity index (χ3n) is 19.5. The number of nitrogens with zero attached hydrogens (tertiary/aromatic N) is 3. The molecule has 0 saturated carbocycles. The largest absolute Gasteiger partial charge is 0.378 e. The SMILES string of the molecule is CC(C)CN1CC(C(C)C)C1.CC(C)CN1CC[C@@H](C(C)C)C1.CC(C)CN1CC[C@H](C(C)C)C1.CC(C)C[C@@H]1C[C@@H](C(C)C)CO1.CC(C)C[C@@H]1C[C@H](C(C)C)CO1.CC(C)C[C@H]1C[C@@H](C(C)C)CO1.CC(C)C[C@H]1C[C@H](C(C)C)CO1. The maximum absolute atomic E-state index is 5.74. The molecular weight excluding hydrogens is 1020 g/mol. The average Bonchev–Trinajstić information content (AvgIpc) is 4.38. The molecule has 0 bridgehead atoms. The molecule has 0 unspecified atom stereocenters. The molecule has 0 aromatic rings. The van der Waals surface area contributed by atoms with E-state index in [1.807, 2.05) is 0 Å². The van der Waals surface area contributed by atoms with Gasteiger partial charge in [-0.25, -0.2) is 0 Å². The van der Waals surface area contributed by atoms with E-state index in [0.29, 0.717) is 24.4 Å². The van der Waals surface area contributed by atoms with Crippen molar-refractivity contribution in [1.29, 1.82) is 0 Å². The van der Waals surface area contributed by atoms with Crippen molar-refractivity contribution in [2.24, 2.45) is 124 Å². The highest BCUT2D eigenvalue weighted by Gasteiger charge is 2.32. The van der Waals surface area contributed by atoms with Crippen LogP contribution in [0.2, 0.25) is 0 Å². The highest BCUT2D eigenvalue weighted by atomic mass is 16.5. The number of hydrogen-bond acceptors (Lipinski definition) is 7. The normalized spacial score (nSPS) is 28.0. The van der Waals surface area contributed by atoms with Gasteiger partial charge in [0.1, 0.15) is 0 Å². The summed E-state index contributed by atoms with van der Waals surface area (Å²) in [6.45, 7) is 80.3. The summed E-state index contributed by atoms with van der Waals surface area (Å²) in [5.74, 6) is 17.6.